The number of hydrogen-bond acceptors (Lipinski definition) is 5. The highest BCUT2D eigenvalue weighted by atomic mass is 32.2. The maximum absolute atomic E-state index is 12.2. The molecule has 0 saturated carbocycles. The highest BCUT2D eigenvalue weighted by Crippen LogP contribution is 2.23. The third kappa shape index (κ3) is 3.34. The number of carboxylic acids is 1. The van der Waals surface area contributed by atoms with Crippen molar-refractivity contribution >= 4 is 27.3 Å². The van der Waals surface area contributed by atoms with E-state index in [0.29, 0.717) is 0 Å². The van der Waals surface area contributed by atoms with E-state index in [1.54, 1.807) is 0 Å². The first-order valence-electron chi connectivity index (χ1n) is 6.10. The number of carbonyl (C=O) groups is 1. The van der Waals surface area contributed by atoms with Crippen molar-refractivity contribution in [3.05, 3.63) is 39.0 Å². The third-order valence-electron chi connectivity index (χ3n) is 3.03. The van der Waals surface area contributed by atoms with Crippen molar-refractivity contribution < 1.29 is 22.7 Å². The van der Waals surface area contributed by atoms with E-state index in [1.807, 2.05) is 19.9 Å². The second-order valence-corrected chi connectivity index (χ2v) is 7.69. The number of furan rings is 1. The number of sulfonamides is 1. The van der Waals surface area contributed by atoms with Crippen LogP contribution in [0.15, 0.2) is 21.4 Å². The molecule has 0 radical (unpaired) electrons. The zero-order valence-corrected chi connectivity index (χ0v) is 13.4. The minimum atomic E-state index is -3.81. The summed E-state index contributed by atoms with van der Waals surface area (Å²) < 4.78 is 31.8. The quantitative estimate of drug-likeness (QED) is 0.878. The molecule has 21 heavy (non-hydrogen) atoms. The van der Waals surface area contributed by atoms with E-state index in [0.717, 1.165) is 21.4 Å². The lowest BCUT2D eigenvalue weighted by atomic mass is 10.3. The average molecular weight is 329 g/mol. The molecule has 0 unspecified atom stereocenters. The Morgan fingerprint density at radius 1 is 1.33 bits per heavy atom. The van der Waals surface area contributed by atoms with Crippen LogP contribution in [0.4, 0.5) is 0 Å². The minimum absolute atomic E-state index is 0.0541. The fraction of sp³-hybridized carbons (Fsp3) is 0.308. The fourth-order valence-corrected chi connectivity index (χ4v) is 4.09. The summed E-state index contributed by atoms with van der Waals surface area (Å²) in [6.45, 7) is 5.51. The molecule has 0 spiro atoms. The van der Waals surface area contributed by atoms with E-state index in [1.165, 1.54) is 18.3 Å². The molecule has 2 aromatic heterocycles. The molecular formula is C13H15NO5S2. The summed E-state index contributed by atoms with van der Waals surface area (Å²) >= 11 is 1.52. The molecule has 0 saturated heterocycles. The van der Waals surface area contributed by atoms with Gasteiger partial charge < -0.3 is 9.52 Å². The first-order chi connectivity index (χ1) is 9.70. The van der Waals surface area contributed by atoms with Crippen molar-refractivity contribution in [3.8, 4) is 0 Å². The van der Waals surface area contributed by atoms with Gasteiger partial charge in [0, 0.05) is 22.4 Å². The molecule has 8 heteroatoms. The molecule has 0 aliphatic rings. The lowest BCUT2D eigenvalue weighted by Gasteiger charge is -2.03. The van der Waals surface area contributed by atoms with Crippen molar-refractivity contribution in [3.63, 3.8) is 0 Å². The van der Waals surface area contributed by atoms with Gasteiger partial charge in [0.15, 0.2) is 0 Å². The van der Waals surface area contributed by atoms with Gasteiger partial charge in [-0.1, -0.05) is 0 Å². The van der Waals surface area contributed by atoms with Crippen LogP contribution in [0, 0.1) is 20.8 Å². The number of nitrogens with one attached hydrogen (secondary N) is 1. The summed E-state index contributed by atoms with van der Waals surface area (Å²) in [5, 5.41) is 8.82. The topological polar surface area (TPSA) is 96.6 Å². The maximum atomic E-state index is 12.2. The Morgan fingerprint density at radius 2 is 2.00 bits per heavy atom. The lowest BCUT2D eigenvalue weighted by molar-refractivity contribution is 0.0661. The Hall–Kier alpha value is -1.64. The van der Waals surface area contributed by atoms with Crippen LogP contribution in [0.1, 0.15) is 31.6 Å². The molecular weight excluding hydrogens is 314 g/mol. The van der Waals surface area contributed by atoms with Gasteiger partial charge in [0.05, 0.1) is 0 Å². The molecule has 6 nitrogen and oxygen atoms in total. The second kappa shape index (κ2) is 5.63. The molecule has 0 amide bonds. The Kier molecular flexibility index (Phi) is 4.22. The van der Waals surface area contributed by atoms with E-state index in [-0.39, 0.29) is 17.2 Å². The zero-order valence-electron chi connectivity index (χ0n) is 11.8. The van der Waals surface area contributed by atoms with Gasteiger partial charge in [0.1, 0.15) is 10.7 Å². The first-order valence-corrected chi connectivity index (χ1v) is 8.40. The first kappa shape index (κ1) is 15.7. The van der Waals surface area contributed by atoms with Crippen molar-refractivity contribution in [2.75, 3.05) is 0 Å². The number of carboxylic acid groups (broad SMARTS) is 1. The van der Waals surface area contributed by atoms with Crippen LogP contribution >= 0.6 is 11.3 Å². The van der Waals surface area contributed by atoms with Crippen molar-refractivity contribution in [1.82, 2.24) is 4.72 Å². The largest absolute Gasteiger partial charge is 0.475 e. The van der Waals surface area contributed by atoms with E-state index in [2.05, 4.69) is 4.72 Å². The molecule has 0 bridgehead atoms. The van der Waals surface area contributed by atoms with Crippen LogP contribution < -0.4 is 4.72 Å². The molecule has 0 atom stereocenters. The summed E-state index contributed by atoms with van der Waals surface area (Å²) in [6.07, 6.45) is 0. The zero-order chi connectivity index (χ0) is 15.8. The van der Waals surface area contributed by atoms with Crippen molar-refractivity contribution in [2.24, 2.45) is 0 Å². The van der Waals surface area contributed by atoms with Crippen LogP contribution in [-0.2, 0) is 16.6 Å². The van der Waals surface area contributed by atoms with Gasteiger partial charge in [-0.2, -0.15) is 0 Å². The Labute approximate surface area is 126 Å². The normalized spacial score (nSPS) is 11.8. The number of aromatic carboxylic acids is 1. The van der Waals surface area contributed by atoms with E-state index < -0.39 is 21.8 Å². The van der Waals surface area contributed by atoms with Crippen LogP contribution in [-0.4, -0.2) is 19.5 Å². The minimum Gasteiger partial charge on any atom is -0.475 e. The smallest absolute Gasteiger partial charge is 0.371 e. The third-order valence-corrected chi connectivity index (χ3v) is 5.69. The Bertz CT molecular complexity index is 766. The van der Waals surface area contributed by atoms with Gasteiger partial charge in [-0.25, -0.2) is 17.9 Å². The highest BCUT2D eigenvalue weighted by molar-refractivity contribution is 7.89. The van der Waals surface area contributed by atoms with Gasteiger partial charge in [0.2, 0.25) is 15.8 Å². The number of thiophene rings is 1. The predicted molar refractivity (Wildman–Crippen MR) is 78.2 cm³/mol. The van der Waals surface area contributed by atoms with Gasteiger partial charge >= 0.3 is 5.97 Å². The molecule has 2 aromatic rings. The van der Waals surface area contributed by atoms with Gasteiger partial charge in [-0.3, -0.25) is 0 Å². The van der Waals surface area contributed by atoms with Gasteiger partial charge in [-0.15, -0.1) is 11.3 Å². The Balaban J connectivity index is 2.20. The fourth-order valence-electron chi connectivity index (χ4n) is 1.82. The molecule has 0 aromatic carbocycles. The summed E-state index contributed by atoms with van der Waals surface area (Å²) in [7, 11) is -3.81. The molecule has 2 N–H and O–H groups in total. The Morgan fingerprint density at radius 3 is 2.48 bits per heavy atom. The number of rotatable bonds is 5. The predicted octanol–water partition coefficient (Wildman–Crippen LogP) is 2.44. The lowest BCUT2D eigenvalue weighted by Crippen LogP contribution is -2.23. The highest BCUT2D eigenvalue weighted by Gasteiger charge is 2.23. The van der Waals surface area contributed by atoms with Crippen LogP contribution in [0.5, 0.6) is 0 Å². The SMILES string of the molecule is Cc1cc(CNS(=O)(=O)c2cc(C(=O)O)oc2C)sc1C. The average Bonchev–Trinajstić information content (AvgIpc) is 2.92. The second-order valence-electron chi connectivity index (χ2n) is 4.61. The summed E-state index contributed by atoms with van der Waals surface area (Å²) in [5.41, 5.74) is 1.11. The molecule has 0 fully saturated rings. The van der Waals surface area contributed by atoms with Crippen molar-refractivity contribution in [2.45, 2.75) is 32.2 Å². The van der Waals surface area contributed by atoms with Gasteiger partial charge in [0.25, 0.3) is 0 Å². The summed E-state index contributed by atoms with van der Waals surface area (Å²) in [6, 6.07) is 2.94. The maximum Gasteiger partial charge on any atom is 0.371 e. The molecule has 2 rings (SSSR count). The number of aryl methyl sites for hydroxylation is 3. The standard InChI is InChI=1S/C13H15NO5S2/c1-7-4-10(20-9(7)3)6-14-21(17,18)12-5-11(13(15)16)19-8(12)2/h4-5,14H,6H2,1-3H3,(H,15,16). The summed E-state index contributed by atoms with van der Waals surface area (Å²) in [5.74, 6) is -1.64. The molecule has 2 heterocycles. The van der Waals surface area contributed by atoms with Crippen LogP contribution in [0.2, 0.25) is 0 Å². The van der Waals surface area contributed by atoms with Crippen LogP contribution in [0.3, 0.4) is 0 Å². The monoisotopic (exact) mass is 329 g/mol. The van der Waals surface area contributed by atoms with Crippen molar-refractivity contribution in [1.29, 1.82) is 0 Å². The molecule has 0 aliphatic heterocycles. The van der Waals surface area contributed by atoms with E-state index in [9.17, 15) is 13.2 Å². The van der Waals surface area contributed by atoms with E-state index >= 15 is 0 Å². The van der Waals surface area contributed by atoms with E-state index in [4.69, 9.17) is 9.52 Å². The summed E-state index contributed by atoms with van der Waals surface area (Å²) in [4.78, 5) is 12.7. The molecule has 0 aliphatic carbocycles. The number of hydrogen-bond donors (Lipinski definition) is 2. The van der Waals surface area contributed by atoms with Crippen LogP contribution in [0.25, 0.3) is 0 Å². The van der Waals surface area contributed by atoms with Gasteiger partial charge in [-0.05, 0) is 32.4 Å². The molecule has 114 valence electrons.